The molecule has 2 aromatic carbocycles. The van der Waals surface area contributed by atoms with Gasteiger partial charge < -0.3 is 4.57 Å². The van der Waals surface area contributed by atoms with Crippen LogP contribution in [0.5, 0.6) is 0 Å². The van der Waals surface area contributed by atoms with E-state index in [0.717, 1.165) is 34.8 Å². The molecule has 0 bridgehead atoms. The topological polar surface area (TPSA) is 39.8 Å². The lowest BCUT2D eigenvalue weighted by molar-refractivity contribution is -0.137. The Kier molecular flexibility index (Phi) is 3.21. The number of imidazole rings is 1. The highest BCUT2D eigenvalue weighted by Gasteiger charge is 2.30. The number of hydrogen-bond donors (Lipinski definition) is 0. The second-order valence-electron chi connectivity index (χ2n) is 5.80. The molecule has 0 aliphatic heterocycles. The number of carbonyl (C=O) groups excluding carboxylic acids is 1. The van der Waals surface area contributed by atoms with E-state index in [-0.39, 0.29) is 0 Å². The van der Waals surface area contributed by atoms with Crippen LogP contribution in [0, 0.1) is 0 Å². The zero-order valence-corrected chi connectivity index (χ0v) is 13.1. The molecule has 0 atom stereocenters. The Morgan fingerprint density at radius 1 is 1.08 bits per heavy atom. The van der Waals surface area contributed by atoms with Crippen LogP contribution in [0.15, 0.2) is 48.8 Å². The third kappa shape index (κ3) is 2.31. The van der Waals surface area contributed by atoms with Crippen molar-refractivity contribution >= 4 is 28.4 Å². The monoisotopic (exact) mass is 343 g/mol. The summed E-state index contributed by atoms with van der Waals surface area (Å²) in [5.41, 5.74) is 2.62. The van der Waals surface area contributed by atoms with Gasteiger partial charge in [0.05, 0.1) is 22.9 Å². The molecule has 0 N–H and O–H groups in total. The maximum absolute atomic E-state index is 12.8. The molecule has 25 heavy (non-hydrogen) atoms. The number of aldehydes is 1. The van der Waals surface area contributed by atoms with Gasteiger partial charge in [-0.15, -0.1) is 0 Å². The minimum Gasteiger partial charge on any atom is -0.332 e. The van der Waals surface area contributed by atoms with E-state index in [1.807, 2.05) is 11.6 Å². The first-order chi connectivity index (χ1) is 11.9. The lowest BCUT2D eigenvalue weighted by atomic mass is 10.1. The molecule has 0 radical (unpaired) electrons. The van der Waals surface area contributed by atoms with E-state index < -0.39 is 11.7 Å². The van der Waals surface area contributed by atoms with Crippen molar-refractivity contribution < 1.29 is 18.0 Å². The second kappa shape index (κ2) is 5.20. The molecule has 0 spiro atoms. The van der Waals surface area contributed by atoms with Gasteiger partial charge >= 0.3 is 6.18 Å². The Labute approximate surface area is 140 Å². The van der Waals surface area contributed by atoms with E-state index >= 15 is 0 Å². The second-order valence-corrected chi connectivity index (χ2v) is 5.80. The summed E-state index contributed by atoms with van der Waals surface area (Å²) in [6, 6.07) is 10.2. The van der Waals surface area contributed by atoms with Crippen molar-refractivity contribution in [2.24, 2.45) is 7.05 Å². The number of nitrogens with zero attached hydrogens (tertiary/aromatic N) is 3. The lowest BCUT2D eigenvalue weighted by Crippen LogP contribution is -2.05. The SMILES string of the molecule is Cn1cnc2c1c1cc(C=O)ccc1n2-c1ccc(C(F)(F)F)cc1. The third-order valence-corrected chi connectivity index (χ3v) is 4.24. The van der Waals surface area contributed by atoms with Crippen LogP contribution in [0.3, 0.4) is 0 Å². The van der Waals surface area contributed by atoms with Crippen LogP contribution in [-0.4, -0.2) is 20.4 Å². The largest absolute Gasteiger partial charge is 0.416 e. The fourth-order valence-corrected chi connectivity index (χ4v) is 3.08. The molecule has 2 aromatic heterocycles. The number of benzene rings is 2. The fraction of sp³-hybridized carbons (Fsp3) is 0.111. The van der Waals surface area contributed by atoms with Crippen molar-refractivity contribution in [3.05, 3.63) is 59.9 Å². The molecule has 4 aromatic rings. The molecule has 0 saturated heterocycles. The summed E-state index contributed by atoms with van der Waals surface area (Å²) in [5.74, 6) is 0. The quantitative estimate of drug-likeness (QED) is 0.508. The molecule has 126 valence electrons. The predicted molar refractivity (Wildman–Crippen MR) is 87.9 cm³/mol. The zero-order chi connectivity index (χ0) is 17.8. The molecule has 4 rings (SSSR count). The Balaban J connectivity index is 2.01. The molecule has 0 aliphatic rings. The van der Waals surface area contributed by atoms with Gasteiger partial charge in [0.25, 0.3) is 0 Å². The Morgan fingerprint density at radius 2 is 1.80 bits per heavy atom. The first kappa shape index (κ1) is 15.4. The van der Waals surface area contributed by atoms with Gasteiger partial charge in [0, 0.05) is 23.7 Å². The van der Waals surface area contributed by atoms with Crippen LogP contribution < -0.4 is 0 Å². The average molecular weight is 343 g/mol. The summed E-state index contributed by atoms with van der Waals surface area (Å²) in [6.07, 6.45) is -1.98. The van der Waals surface area contributed by atoms with Crippen molar-refractivity contribution in [1.82, 2.24) is 14.1 Å². The first-order valence-corrected chi connectivity index (χ1v) is 7.48. The minimum absolute atomic E-state index is 0.528. The Hall–Kier alpha value is -3.09. The van der Waals surface area contributed by atoms with E-state index in [1.165, 1.54) is 12.1 Å². The van der Waals surface area contributed by atoms with Gasteiger partial charge in [-0.2, -0.15) is 13.2 Å². The van der Waals surface area contributed by atoms with Crippen LogP contribution in [0.1, 0.15) is 15.9 Å². The van der Waals surface area contributed by atoms with Crippen molar-refractivity contribution in [1.29, 1.82) is 0 Å². The lowest BCUT2D eigenvalue weighted by Gasteiger charge is -2.09. The number of rotatable bonds is 2. The summed E-state index contributed by atoms with van der Waals surface area (Å²) in [7, 11) is 1.83. The van der Waals surface area contributed by atoms with E-state index in [9.17, 15) is 18.0 Å². The van der Waals surface area contributed by atoms with E-state index in [2.05, 4.69) is 4.98 Å². The molecule has 7 heteroatoms. The number of aromatic nitrogens is 3. The number of aryl methyl sites for hydroxylation is 1. The average Bonchev–Trinajstić information content (AvgIpc) is 3.11. The van der Waals surface area contributed by atoms with Crippen LogP contribution in [0.4, 0.5) is 13.2 Å². The minimum atomic E-state index is -4.38. The number of hydrogen-bond acceptors (Lipinski definition) is 2. The van der Waals surface area contributed by atoms with Crippen molar-refractivity contribution in [3.63, 3.8) is 0 Å². The fourth-order valence-electron chi connectivity index (χ4n) is 3.08. The molecular formula is C18H12F3N3O. The van der Waals surface area contributed by atoms with Gasteiger partial charge in [0.1, 0.15) is 6.29 Å². The van der Waals surface area contributed by atoms with Crippen molar-refractivity contribution in [2.75, 3.05) is 0 Å². The molecule has 0 amide bonds. The summed E-state index contributed by atoms with van der Waals surface area (Å²) in [4.78, 5) is 15.5. The van der Waals surface area contributed by atoms with Crippen LogP contribution in [0.25, 0.3) is 27.8 Å². The molecule has 4 nitrogen and oxygen atoms in total. The van der Waals surface area contributed by atoms with Crippen molar-refractivity contribution in [3.8, 4) is 5.69 Å². The molecule has 2 heterocycles. The van der Waals surface area contributed by atoms with Crippen LogP contribution >= 0.6 is 0 Å². The van der Waals surface area contributed by atoms with E-state index in [1.54, 1.807) is 29.1 Å². The van der Waals surface area contributed by atoms with Gasteiger partial charge in [0.15, 0.2) is 5.65 Å². The number of fused-ring (bicyclic) bond motifs is 3. The molecule has 0 saturated carbocycles. The normalized spacial score (nSPS) is 12.2. The summed E-state index contributed by atoms with van der Waals surface area (Å²) < 4.78 is 42.0. The number of halogens is 3. The van der Waals surface area contributed by atoms with E-state index in [4.69, 9.17) is 0 Å². The molecule has 0 fully saturated rings. The highest BCUT2D eigenvalue weighted by molar-refractivity contribution is 6.07. The van der Waals surface area contributed by atoms with Gasteiger partial charge in [-0.05, 0) is 42.5 Å². The van der Waals surface area contributed by atoms with Gasteiger partial charge in [-0.3, -0.25) is 9.36 Å². The standard InChI is InChI=1S/C18H12F3N3O/c1-23-10-22-17-16(23)14-8-11(9-25)2-7-15(14)24(17)13-5-3-12(4-6-13)18(19,20)21/h2-10H,1H3. The summed E-state index contributed by atoms with van der Waals surface area (Å²) in [6.45, 7) is 0. The summed E-state index contributed by atoms with van der Waals surface area (Å²) >= 11 is 0. The Morgan fingerprint density at radius 3 is 2.44 bits per heavy atom. The molecule has 0 unspecified atom stereocenters. The van der Waals surface area contributed by atoms with Gasteiger partial charge in [-0.1, -0.05) is 0 Å². The highest BCUT2D eigenvalue weighted by atomic mass is 19.4. The predicted octanol–water partition coefficient (Wildman–Crippen LogP) is 4.35. The highest BCUT2D eigenvalue weighted by Crippen LogP contribution is 2.33. The van der Waals surface area contributed by atoms with Crippen LogP contribution in [0.2, 0.25) is 0 Å². The van der Waals surface area contributed by atoms with Gasteiger partial charge in [0.2, 0.25) is 0 Å². The third-order valence-electron chi connectivity index (χ3n) is 4.24. The molecular weight excluding hydrogens is 331 g/mol. The Bertz CT molecular complexity index is 1100. The number of carbonyl (C=O) groups is 1. The van der Waals surface area contributed by atoms with E-state index in [0.29, 0.717) is 16.9 Å². The van der Waals surface area contributed by atoms with Gasteiger partial charge in [-0.25, -0.2) is 4.98 Å². The maximum Gasteiger partial charge on any atom is 0.416 e. The summed E-state index contributed by atoms with van der Waals surface area (Å²) in [5, 5.41) is 0.819. The number of alkyl halides is 3. The van der Waals surface area contributed by atoms with Crippen LogP contribution in [-0.2, 0) is 13.2 Å². The zero-order valence-electron chi connectivity index (χ0n) is 13.1. The smallest absolute Gasteiger partial charge is 0.332 e. The molecule has 0 aliphatic carbocycles. The maximum atomic E-state index is 12.8. The first-order valence-electron chi connectivity index (χ1n) is 7.48. The van der Waals surface area contributed by atoms with Crippen molar-refractivity contribution in [2.45, 2.75) is 6.18 Å².